The summed E-state index contributed by atoms with van der Waals surface area (Å²) in [5.41, 5.74) is 0. The molecule has 1 aliphatic rings. The smallest absolute Gasteiger partial charge is 0.211 e. The van der Waals surface area contributed by atoms with Gasteiger partial charge < -0.3 is 9.47 Å². The van der Waals surface area contributed by atoms with Gasteiger partial charge in [0.1, 0.15) is 0 Å². The van der Waals surface area contributed by atoms with Crippen molar-refractivity contribution in [3.63, 3.8) is 0 Å². The fraction of sp³-hybridized carbons (Fsp3) is 1.00. The summed E-state index contributed by atoms with van der Waals surface area (Å²) in [6.45, 7) is 6.42. The Morgan fingerprint density at radius 3 is 2.39 bits per heavy atom. The van der Waals surface area contributed by atoms with E-state index in [1.807, 2.05) is 0 Å². The lowest BCUT2D eigenvalue weighted by Gasteiger charge is -2.30. The maximum atomic E-state index is 11.3. The molecule has 0 aromatic rings. The van der Waals surface area contributed by atoms with Crippen LogP contribution in [0, 0.1) is 0 Å². The van der Waals surface area contributed by atoms with Gasteiger partial charge in [0, 0.05) is 20.2 Å². The molecule has 0 spiro atoms. The average molecular weight is 281 g/mol. The largest absolute Gasteiger partial charge is 0.382 e. The van der Waals surface area contributed by atoms with E-state index in [1.54, 1.807) is 7.11 Å². The number of nitrogens with zero attached hydrogens (tertiary/aromatic N) is 1. The third-order valence-electron chi connectivity index (χ3n) is 2.45. The van der Waals surface area contributed by atoms with E-state index in [1.165, 1.54) is 17.0 Å². The van der Waals surface area contributed by atoms with E-state index < -0.39 is 10.0 Å². The van der Waals surface area contributed by atoms with Crippen LogP contribution in [0.4, 0.5) is 0 Å². The molecule has 1 fully saturated rings. The number of ether oxygens (including phenoxy) is 2. The van der Waals surface area contributed by atoms with Crippen molar-refractivity contribution >= 4 is 10.0 Å². The summed E-state index contributed by atoms with van der Waals surface area (Å²) in [6, 6.07) is 0. The molecular formula is C12H27NO4S. The summed E-state index contributed by atoms with van der Waals surface area (Å²) in [4.78, 5) is 0. The van der Waals surface area contributed by atoms with Crippen molar-refractivity contribution < 1.29 is 17.9 Å². The van der Waals surface area contributed by atoms with Crippen LogP contribution < -0.4 is 0 Å². The summed E-state index contributed by atoms with van der Waals surface area (Å²) in [5.74, 6) is 0. The standard InChI is InChI=1S/C9H19NO4S.C3H8/c1-13-6-7-14-9-4-3-5-10(8-9)15(2,11)12;1-3-2/h9H,3-8H2,1-2H3;3H2,1-2H3. The molecular weight excluding hydrogens is 254 g/mol. The van der Waals surface area contributed by atoms with Crippen LogP contribution in [0.3, 0.4) is 0 Å². The Labute approximate surface area is 112 Å². The first-order chi connectivity index (χ1) is 8.45. The summed E-state index contributed by atoms with van der Waals surface area (Å²) in [5, 5.41) is 0. The molecule has 1 rings (SSSR count). The van der Waals surface area contributed by atoms with Crippen LogP contribution in [0.5, 0.6) is 0 Å². The molecule has 1 atom stereocenters. The Hall–Kier alpha value is -0.170. The number of rotatable bonds is 5. The highest BCUT2D eigenvalue weighted by molar-refractivity contribution is 7.88. The van der Waals surface area contributed by atoms with E-state index in [9.17, 15) is 8.42 Å². The lowest BCUT2D eigenvalue weighted by molar-refractivity contribution is -0.00642. The molecule has 1 unspecified atom stereocenters. The SMILES string of the molecule is CCC.COCCOC1CCCN(S(C)(=O)=O)C1. The predicted octanol–water partition coefficient (Wildman–Crippen LogP) is 1.49. The molecule has 0 radical (unpaired) electrons. The van der Waals surface area contributed by atoms with Gasteiger partial charge in [0.05, 0.1) is 25.6 Å². The van der Waals surface area contributed by atoms with Gasteiger partial charge in [0.2, 0.25) is 10.0 Å². The third kappa shape index (κ3) is 8.02. The minimum atomic E-state index is -3.07. The normalized spacial score (nSPS) is 21.2. The predicted molar refractivity (Wildman–Crippen MR) is 73.2 cm³/mol. The third-order valence-corrected chi connectivity index (χ3v) is 3.72. The number of hydrogen-bond acceptors (Lipinski definition) is 4. The quantitative estimate of drug-likeness (QED) is 0.716. The molecule has 0 aliphatic carbocycles. The van der Waals surface area contributed by atoms with Crippen LogP contribution in [0.25, 0.3) is 0 Å². The topological polar surface area (TPSA) is 55.8 Å². The summed E-state index contributed by atoms with van der Waals surface area (Å²) >= 11 is 0. The number of piperidine rings is 1. The van der Waals surface area contributed by atoms with Gasteiger partial charge in [-0.15, -0.1) is 0 Å². The molecule has 1 heterocycles. The van der Waals surface area contributed by atoms with Crippen LogP contribution >= 0.6 is 0 Å². The molecule has 1 saturated heterocycles. The Morgan fingerprint density at radius 1 is 1.28 bits per heavy atom. The summed E-state index contributed by atoms with van der Waals surface area (Å²) in [7, 11) is -1.45. The highest BCUT2D eigenvalue weighted by atomic mass is 32.2. The van der Waals surface area contributed by atoms with Crippen molar-refractivity contribution in [3.05, 3.63) is 0 Å². The lowest BCUT2D eigenvalue weighted by atomic mass is 10.1. The fourth-order valence-electron chi connectivity index (χ4n) is 1.64. The first-order valence-corrected chi connectivity index (χ1v) is 8.36. The van der Waals surface area contributed by atoms with Crippen molar-refractivity contribution in [3.8, 4) is 0 Å². The van der Waals surface area contributed by atoms with Crippen LogP contribution in [0.15, 0.2) is 0 Å². The van der Waals surface area contributed by atoms with Crippen molar-refractivity contribution in [2.24, 2.45) is 0 Å². The van der Waals surface area contributed by atoms with Gasteiger partial charge in [-0.25, -0.2) is 8.42 Å². The van der Waals surface area contributed by atoms with Gasteiger partial charge in [-0.3, -0.25) is 0 Å². The van der Waals surface area contributed by atoms with E-state index in [4.69, 9.17) is 9.47 Å². The van der Waals surface area contributed by atoms with E-state index in [-0.39, 0.29) is 6.10 Å². The average Bonchev–Trinajstić information content (AvgIpc) is 2.30. The van der Waals surface area contributed by atoms with Gasteiger partial charge in [-0.2, -0.15) is 4.31 Å². The highest BCUT2D eigenvalue weighted by Gasteiger charge is 2.25. The fourth-order valence-corrected chi connectivity index (χ4v) is 2.54. The second-order valence-corrected chi connectivity index (χ2v) is 6.44. The lowest BCUT2D eigenvalue weighted by Crippen LogP contribution is -2.42. The van der Waals surface area contributed by atoms with Crippen LogP contribution in [-0.2, 0) is 19.5 Å². The first-order valence-electron chi connectivity index (χ1n) is 6.51. The van der Waals surface area contributed by atoms with E-state index in [0.29, 0.717) is 26.3 Å². The van der Waals surface area contributed by atoms with Gasteiger partial charge in [0.15, 0.2) is 0 Å². The summed E-state index contributed by atoms with van der Waals surface area (Å²) < 4.78 is 34.5. The van der Waals surface area contributed by atoms with Crippen molar-refractivity contribution in [2.75, 3.05) is 39.7 Å². The molecule has 0 amide bonds. The summed E-state index contributed by atoms with van der Waals surface area (Å²) in [6.07, 6.45) is 4.30. The Bertz CT molecular complexity index is 292. The molecule has 6 heteroatoms. The monoisotopic (exact) mass is 281 g/mol. The zero-order valence-electron chi connectivity index (χ0n) is 12.0. The molecule has 0 N–H and O–H groups in total. The van der Waals surface area contributed by atoms with Gasteiger partial charge in [-0.05, 0) is 12.8 Å². The molecule has 0 aromatic carbocycles. The van der Waals surface area contributed by atoms with Crippen LogP contribution in [-0.4, -0.2) is 58.5 Å². The Morgan fingerprint density at radius 2 is 1.89 bits per heavy atom. The zero-order valence-corrected chi connectivity index (χ0v) is 12.8. The highest BCUT2D eigenvalue weighted by Crippen LogP contribution is 2.15. The van der Waals surface area contributed by atoms with E-state index >= 15 is 0 Å². The molecule has 110 valence electrons. The van der Waals surface area contributed by atoms with Crippen molar-refractivity contribution in [1.82, 2.24) is 4.31 Å². The molecule has 0 aromatic heterocycles. The zero-order chi connectivity index (χ0) is 14.0. The Balaban J connectivity index is 0.000000873. The molecule has 5 nitrogen and oxygen atoms in total. The van der Waals surface area contributed by atoms with E-state index in [0.717, 1.165) is 12.8 Å². The second-order valence-electron chi connectivity index (χ2n) is 4.46. The maximum Gasteiger partial charge on any atom is 0.211 e. The minimum Gasteiger partial charge on any atom is -0.382 e. The Kier molecular flexibility index (Phi) is 9.63. The first kappa shape index (κ1) is 17.8. The number of hydrogen-bond donors (Lipinski definition) is 0. The van der Waals surface area contributed by atoms with Crippen molar-refractivity contribution in [2.45, 2.75) is 39.2 Å². The molecule has 0 saturated carbocycles. The minimum absolute atomic E-state index is 0.0172. The molecule has 1 aliphatic heterocycles. The van der Waals surface area contributed by atoms with Gasteiger partial charge in [0.25, 0.3) is 0 Å². The van der Waals surface area contributed by atoms with Gasteiger partial charge >= 0.3 is 0 Å². The van der Waals surface area contributed by atoms with Gasteiger partial charge in [-0.1, -0.05) is 20.3 Å². The number of methoxy groups -OCH3 is 1. The molecule has 0 bridgehead atoms. The maximum absolute atomic E-state index is 11.3. The van der Waals surface area contributed by atoms with E-state index in [2.05, 4.69) is 13.8 Å². The van der Waals surface area contributed by atoms with Crippen LogP contribution in [0.1, 0.15) is 33.1 Å². The molecule has 18 heavy (non-hydrogen) atoms. The van der Waals surface area contributed by atoms with Crippen LogP contribution in [0.2, 0.25) is 0 Å². The second kappa shape index (κ2) is 9.72. The number of sulfonamides is 1. The van der Waals surface area contributed by atoms with Crippen molar-refractivity contribution in [1.29, 1.82) is 0 Å².